The normalized spacial score (nSPS) is 10.6. The molecule has 122 valence electrons. The summed E-state index contributed by atoms with van der Waals surface area (Å²) in [5.41, 5.74) is 2.50. The fourth-order valence-corrected chi connectivity index (χ4v) is 1.95. The molecule has 0 atom stereocenters. The van der Waals surface area contributed by atoms with Crippen molar-refractivity contribution >= 4 is 11.7 Å². The third kappa shape index (κ3) is 5.67. The van der Waals surface area contributed by atoms with E-state index in [1.165, 1.54) is 0 Å². The van der Waals surface area contributed by atoms with Gasteiger partial charge >= 0.3 is 6.03 Å². The van der Waals surface area contributed by atoms with Gasteiger partial charge < -0.3 is 15.0 Å². The van der Waals surface area contributed by atoms with Crippen molar-refractivity contribution in [2.75, 3.05) is 12.4 Å². The van der Waals surface area contributed by atoms with Gasteiger partial charge in [-0.25, -0.2) is 4.79 Å². The van der Waals surface area contributed by atoms with Gasteiger partial charge in [-0.2, -0.15) is 0 Å². The standard InChI is InChI=1S/C17H22N4O2/c1-13(2)23-12-14-5-4-6-15(9-14)20-17(22)21(3)11-16-10-18-7-8-19-16/h4-10,13H,11-12H2,1-3H3,(H,20,22). The number of carbonyl (C=O) groups excluding carboxylic acids is 1. The maximum atomic E-state index is 12.2. The predicted octanol–water partition coefficient (Wildman–Crippen LogP) is 3.07. The minimum absolute atomic E-state index is 0.173. The lowest BCUT2D eigenvalue weighted by Crippen LogP contribution is -2.31. The van der Waals surface area contributed by atoms with Gasteiger partial charge in [-0.1, -0.05) is 12.1 Å². The number of aromatic nitrogens is 2. The maximum absolute atomic E-state index is 12.2. The quantitative estimate of drug-likeness (QED) is 0.890. The van der Waals surface area contributed by atoms with Crippen molar-refractivity contribution in [1.29, 1.82) is 0 Å². The molecule has 1 aromatic carbocycles. The zero-order valence-electron chi connectivity index (χ0n) is 13.7. The zero-order chi connectivity index (χ0) is 16.7. The number of anilines is 1. The van der Waals surface area contributed by atoms with E-state index in [-0.39, 0.29) is 12.1 Å². The number of hydrogen-bond acceptors (Lipinski definition) is 4. The Morgan fingerprint density at radius 1 is 1.35 bits per heavy atom. The Hall–Kier alpha value is -2.47. The van der Waals surface area contributed by atoms with E-state index in [2.05, 4.69) is 15.3 Å². The first-order valence-corrected chi connectivity index (χ1v) is 7.52. The van der Waals surface area contributed by atoms with Crippen LogP contribution in [0.15, 0.2) is 42.9 Å². The second-order valence-corrected chi connectivity index (χ2v) is 5.54. The van der Waals surface area contributed by atoms with Crippen LogP contribution in [0, 0.1) is 0 Å². The minimum Gasteiger partial charge on any atom is -0.374 e. The summed E-state index contributed by atoms with van der Waals surface area (Å²) in [7, 11) is 1.72. The van der Waals surface area contributed by atoms with Gasteiger partial charge in [-0.15, -0.1) is 0 Å². The van der Waals surface area contributed by atoms with Crippen molar-refractivity contribution in [2.24, 2.45) is 0 Å². The smallest absolute Gasteiger partial charge is 0.321 e. The summed E-state index contributed by atoms with van der Waals surface area (Å²) >= 11 is 0. The molecule has 0 bridgehead atoms. The predicted molar refractivity (Wildman–Crippen MR) is 88.9 cm³/mol. The number of urea groups is 1. The fraction of sp³-hybridized carbons (Fsp3) is 0.353. The molecule has 0 radical (unpaired) electrons. The van der Waals surface area contributed by atoms with E-state index in [1.807, 2.05) is 38.1 Å². The van der Waals surface area contributed by atoms with Crippen molar-refractivity contribution in [3.05, 3.63) is 54.1 Å². The van der Waals surface area contributed by atoms with Gasteiger partial charge in [0.2, 0.25) is 0 Å². The molecule has 6 nitrogen and oxygen atoms in total. The van der Waals surface area contributed by atoms with Crippen LogP contribution in [0.4, 0.5) is 10.5 Å². The summed E-state index contributed by atoms with van der Waals surface area (Å²) in [6, 6.07) is 7.44. The lowest BCUT2D eigenvalue weighted by Gasteiger charge is -2.17. The molecule has 0 fully saturated rings. The monoisotopic (exact) mass is 314 g/mol. The average molecular weight is 314 g/mol. The Morgan fingerprint density at radius 2 is 2.17 bits per heavy atom. The van der Waals surface area contributed by atoms with E-state index in [4.69, 9.17) is 4.74 Å². The molecule has 1 heterocycles. The second kappa shape index (κ2) is 8.24. The third-order valence-electron chi connectivity index (χ3n) is 3.12. The van der Waals surface area contributed by atoms with E-state index >= 15 is 0 Å². The third-order valence-corrected chi connectivity index (χ3v) is 3.12. The highest BCUT2D eigenvalue weighted by Crippen LogP contribution is 2.13. The molecule has 6 heteroatoms. The van der Waals surface area contributed by atoms with Crippen LogP contribution in [-0.4, -0.2) is 34.1 Å². The van der Waals surface area contributed by atoms with Gasteiger partial charge in [-0.3, -0.25) is 9.97 Å². The topological polar surface area (TPSA) is 67.3 Å². The Bertz CT molecular complexity index is 632. The van der Waals surface area contributed by atoms with E-state index in [1.54, 1.807) is 30.5 Å². The van der Waals surface area contributed by atoms with Crippen molar-refractivity contribution in [3.8, 4) is 0 Å². The highest BCUT2D eigenvalue weighted by molar-refractivity contribution is 5.89. The fourth-order valence-electron chi connectivity index (χ4n) is 1.95. The minimum atomic E-state index is -0.197. The van der Waals surface area contributed by atoms with Crippen LogP contribution in [0.25, 0.3) is 0 Å². The zero-order valence-corrected chi connectivity index (χ0v) is 13.7. The number of ether oxygens (including phenoxy) is 1. The molecule has 0 aliphatic heterocycles. The lowest BCUT2D eigenvalue weighted by atomic mass is 10.2. The Kier molecular flexibility index (Phi) is 6.05. The van der Waals surface area contributed by atoms with Crippen LogP contribution in [-0.2, 0) is 17.9 Å². The summed E-state index contributed by atoms with van der Waals surface area (Å²) in [5, 5.41) is 2.87. The van der Waals surface area contributed by atoms with Crippen LogP contribution >= 0.6 is 0 Å². The molecule has 0 unspecified atom stereocenters. The maximum Gasteiger partial charge on any atom is 0.321 e. The van der Waals surface area contributed by atoms with E-state index < -0.39 is 0 Å². The Morgan fingerprint density at radius 3 is 2.87 bits per heavy atom. The summed E-state index contributed by atoms with van der Waals surface area (Å²) in [6.07, 6.45) is 5.03. The van der Waals surface area contributed by atoms with E-state index in [0.717, 1.165) is 16.9 Å². The van der Waals surface area contributed by atoms with E-state index in [0.29, 0.717) is 13.2 Å². The summed E-state index contributed by atoms with van der Waals surface area (Å²) in [4.78, 5) is 21.9. The van der Waals surface area contributed by atoms with Crippen molar-refractivity contribution in [2.45, 2.75) is 33.1 Å². The molecule has 0 aliphatic carbocycles. The number of nitrogens with one attached hydrogen (secondary N) is 1. The molecule has 0 saturated carbocycles. The van der Waals surface area contributed by atoms with Gasteiger partial charge in [0.15, 0.2) is 0 Å². The molecule has 0 saturated heterocycles. The lowest BCUT2D eigenvalue weighted by molar-refractivity contribution is 0.0657. The highest BCUT2D eigenvalue weighted by Gasteiger charge is 2.10. The largest absolute Gasteiger partial charge is 0.374 e. The summed E-state index contributed by atoms with van der Waals surface area (Å²) < 4.78 is 5.58. The molecule has 2 amide bonds. The second-order valence-electron chi connectivity index (χ2n) is 5.54. The van der Waals surface area contributed by atoms with Gasteiger partial charge in [0, 0.05) is 25.1 Å². The van der Waals surface area contributed by atoms with E-state index in [9.17, 15) is 4.79 Å². The van der Waals surface area contributed by atoms with Gasteiger partial charge in [0.25, 0.3) is 0 Å². The SMILES string of the molecule is CC(C)OCc1cccc(NC(=O)N(C)Cc2cnccn2)c1. The first-order chi connectivity index (χ1) is 11.0. The van der Waals surface area contributed by atoms with Gasteiger partial charge in [0.1, 0.15) is 0 Å². The molecule has 0 aliphatic rings. The van der Waals surface area contributed by atoms with Crippen molar-refractivity contribution in [3.63, 3.8) is 0 Å². The molecule has 23 heavy (non-hydrogen) atoms. The van der Waals surface area contributed by atoms with Crippen molar-refractivity contribution < 1.29 is 9.53 Å². The molecule has 0 spiro atoms. The van der Waals surface area contributed by atoms with Crippen LogP contribution in [0.2, 0.25) is 0 Å². The molecular formula is C17H22N4O2. The van der Waals surface area contributed by atoms with Crippen LogP contribution in [0.5, 0.6) is 0 Å². The molecular weight excluding hydrogens is 292 g/mol. The first-order valence-electron chi connectivity index (χ1n) is 7.52. The number of carbonyl (C=O) groups is 1. The first kappa shape index (κ1) is 16.9. The number of rotatable bonds is 6. The molecule has 1 aromatic heterocycles. The number of amides is 2. The molecule has 2 rings (SSSR count). The van der Waals surface area contributed by atoms with Gasteiger partial charge in [0.05, 0.1) is 31.1 Å². The van der Waals surface area contributed by atoms with Crippen LogP contribution in [0.3, 0.4) is 0 Å². The number of nitrogens with zero attached hydrogens (tertiary/aromatic N) is 3. The average Bonchev–Trinajstić information content (AvgIpc) is 2.54. The Labute approximate surface area is 136 Å². The molecule has 2 aromatic rings. The summed E-state index contributed by atoms with van der Waals surface area (Å²) in [5.74, 6) is 0. The summed E-state index contributed by atoms with van der Waals surface area (Å²) in [6.45, 7) is 4.91. The highest BCUT2D eigenvalue weighted by atomic mass is 16.5. The van der Waals surface area contributed by atoms with Crippen LogP contribution < -0.4 is 5.32 Å². The van der Waals surface area contributed by atoms with Crippen LogP contribution in [0.1, 0.15) is 25.1 Å². The van der Waals surface area contributed by atoms with Crippen molar-refractivity contribution in [1.82, 2.24) is 14.9 Å². The number of hydrogen-bond donors (Lipinski definition) is 1. The number of benzene rings is 1. The Balaban J connectivity index is 1.92. The molecule has 1 N–H and O–H groups in total. The van der Waals surface area contributed by atoms with Gasteiger partial charge in [-0.05, 0) is 31.5 Å².